The lowest BCUT2D eigenvalue weighted by molar-refractivity contribution is -0.130. The topological polar surface area (TPSA) is 57.5 Å². The number of carbonyl (C=O) groups excluding carboxylic acids is 1. The van der Waals surface area contributed by atoms with Crippen LogP contribution in [0.15, 0.2) is 24.5 Å². The summed E-state index contributed by atoms with van der Waals surface area (Å²) in [5, 5.41) is 4.53. The molecule has 3 saturated heterocycles. The SMILES string of the molecule is Cc1nn(C)c(C)c1CCN(C)C(=O)CCC[C@@H]1[C@H]2CCCN3CCC[C@@H](CN1Cc1cccnc1)[C@@H]23. The van der Waals surface area contributed by atoms with E-state index in [9.17, 15) is 4.79 Å². The van der Waals surface area contributed by atoms with Gasteiger partial charge in [0.15, 0.2) is 0 Å². The van der Waals surface area contributed by atoms with E-state index in [0.29, 0.717) is 12.5 Å². The lowest BCUT2D eigenvalue weighted by Crippen LogP contribution is -2.64. The van der Waals surface area contributed by atoms with Crippen molar-refractivity contribution in [1.29, 1.82) is 0 Å². The molecule has 3 aliphatic rings. The third-order valence-electron chi connectivity index (χ3n) is 9.56. The molecule has 0 radical (unpaired) electrons. The quantitative estimate of drug-likeness (QED) is 0.515. The molecule has 1 amide bonds. The summed E-state index contributed by atoms with van der Waals surface area (Å²) in [5.41, 5.74) is 4.87. The number of pyridine rings is 1. The van der Waals surface area contributed by atoms with Crippen LogP contribution in [0.5, 0.6) is 0 Å². The average Bonchev–Trinajstić information content (AvgIpc) is 3.15. The molecule has 0 unspecified atom stereocenters. The molecule has 37 heavy (non-hydrogen) atoms. The van der Waals surface area contributed by atoms with E-state index in [4.69, 9.17) is 0 Å². The molecule has 2 aromatic heterocycles. The Morgan fingerprint density at radius 3 is 2.73 bits per heavy atom. The maximum absolute atomic E-state index is 13.1. The summed E-state index contributed by atoms with van der Waals surface area (Å²) in [6.45, 7) is 9.67. The van der Waals surface area contributed by atoms with Gasteiger partial charge in [-0.25, -0.2) is 0 Å². The fraction of sp³-hybridized carbons (Fsp3) is 0.700. The summed E-state index contributed by atoms with van der Waals surface area (Å²) in [6, 6.07) is 5.58. The molecule has 5 rings (SSSR count). The standard InChI is InChI=1S/C30H46N6O/c1-22-26(23(2)34(4)32-22)14-18-33(3)29(37)13-5-12-28-27-11-8-17-35-16-7-10-25(30(27)35)21-36(28)20-24-9-6-15-31-19-24/h6,9,15,19,25,27-28,30H,5,7-8,10-14,16-18,20-21H2,1-4H3/t25-,27+,28+,30-/m0/s1. The molecule has 7 heteroatoms. The van der Waals surface area contributed by atoms with Crippen LogP contribution in [0.1, 0.15) is 67.5 Å². The third kappa shape index (κ3) is 5.78. The first-order valence-electron chi connectivity index (χ1n) is 14.5. The Kier molecular flexibility index (Phi) is 8.30. The zero-order chi connectivity index (χ0) is 25.9. The van der Waals surface area contributed by atoms with Crippen molar-refractivity contribution < 1.29 is 4.79 Å². The Balaban J connectivity index is 1.20. The number of likely N-dealkylation sites (tertiary alicyclic amines) is 1. The van der Waals surface area contributed by atoms with E-state index in [2.05, 4.69) is 45.9 Å². The molecule has 0 spiro atoms. The normalized spacial score (nSPS) is 26.2. The summed E-state index contributed by atoms with van der Waals surface area (Å²) in [7, 11) is 3.95. The number of likely N-dealkylation sites (N-methyl/N-ethyl adjacent to an activating group) is 1. The van der Waals surface area contributed by atoms with Crippen molar-refractivity contribution in [3.05, 3.63) is 47.0 Å². The van der Waals surface area contributed by atoms with Crippen LogP contribution in [0.3, 0.4) is 0 Å². The van der Waals surface area contributed by atoms with Crippen LogP contribution >= 0.6 is 0 Å². The molecule has 4 atom stereocenters. The molecule has 0 aromatic carbocycles. The number of nitrogens with zero attached hydrogens (tertiary/aromatic N) is 6. The van der Waals surface area contributed by atoms with Crippen molar-refractivity contribution in [3.63, 3.8) is 0 Å². The predicted octanol–water partition coefficient (Wildman–Crippen LogP) is 3.98. The van der Waals surface area contributed by atoms with Crippen LogP contribution in [0.2, 0.25) is 0 Å². The number of piperidine rings is 3. The highest BCUT2D eigenvalue weighted by Gasteiger charge is 2.48. The second-order valence-electron chi connectivity index (χ2n) is 11.8. The van der Waals surface area contributed by atoms with Gasteiger partial charge in [-0.2, -0.15) is 5.10 Å². The van der Waals surface area contributed by atoms with Gasteiger partial charge in [-0.3, -0.25) is 24.3 Å². The molecule has 0 bridgehead atoms. The van der Waals surface area contributed by atoms with Crippen LogP contribution in [0.25, 0.3) is 0 Å². The van der Waals surface area contributed by atoms with Gasteiger partial charge in [0.25, 0.3) is 0 Å². The van der Waals surface area contributed by atoms with Gasteiger partial charge in [-0.05, 0) is 101 Å². The summed E-state index contributed by atoms with van der Waals surface area (Å²) in [6.07, 6.45) is 12.9. The lowest BCUT2D eigenvalue weighted by Gasteiger charge is -2.57. The van der Waals surface area contributed by atoms with Crippen molar-refractivity contribution in [2.24, 2.45) is 18.9 Å². The Hall–Kier alpha value is -2.25. The smallest absolute Gasteiger partial charge is 0.222 e. The molecule has 5 heterocycles. The summed E-state index contributed by atoms with van der Waals surface area (Å²) >= 11 is 0. The number of hydrogen-bond acceptors (Lipinski definition) is 5. The molecular weight excluding hydrogens is 460 g/mol. The highest BCUT2D eigenvalue weighted by atomic mass is 16.2. The third-order valence-corrected chi connectivity index (χ3v) is 9.56. The summed E-state index contributed by atoms with van der Waals surface area (Å²) < 4.78 is 1.94. The number of carbonyl (C=O) groups is 1. The molecule has 0 aliphatic carbocycles. The van der Waals surface area contributed by atoms with Crippen molar-refractivity contribution >= 4 is 5.91 Å². The van der Waals surface area contributed by atoms with Gasteiger partial charge in [0, 0.05) is 70.3 Å². The second kappa shape index (κ2) is 11.6. The highest BCUT2D eigenvalue weighted by Crippen LogP contribution is 2.43. The van der Waals surface area contributed by atoms with Crippen LogP contribution in [0, 0.1) is 25.7 Å². The minimum atomic E-state index is 0.273. The van der Waals surface area contributed by atoms with Gasteiger partial charge < -0.3 is 4.90 Å². The van der Waals surface area contributed by atoms with Crippen LogP contribution in [0.4, 0.5) is 0 Å². The van der Waals surface area contributed by atoms with Crippen molar-refractivity contribution in [2.75, 3.05) is 33.2 Å². The zero-order valence-corrected chi connectivity index (χ0v) is 23.4. The molecule has 2 aromatic rings. The predicted molar refractivity (Wildman–Crippen MR) is 147 cm³/mol. The Labute approximate surface area is 223 Å². The van der Waals surface area contributed by atoms with Gasteiger partial charge in [0.1, 0.15) is 0 Å². The van der Waals surface area contributed by atoms with Gasteiger partial charge in [0.2, 0.25) is 5.91 Å². The maximum Gasteiger partial charge on any atom is 0.222 e. The zero-order valence-electron chi connectivity index (χ0n) is 23.4. The number of aromatic nitrogens is 3. The monoisotopic (exact) mass is 506 g/mol. The molecule has 7 nitrogen and oxygen atoms in total. The van der Waals surface area contributed by atoms with Gasteiger partial charge in [-0.1, -0.05) is 6.07 Å². The minimum absolute atomic E-state index is 0.273. The van der Waals surface area contributed by atoms with Gasteiger partial charge >= 0.3 is 0 Å². The Bertz CT molecular complexity index is 1050. The average molecular weight is 507 g/mol. The first kappa shape index (κ1) is 26.4. The first-order chi connectivity index (χ1) is 17.9. The molecule has 0 N–H and O–H groups in total. The number of amides is 1. The van der Waals surface area contributed by atoms with E-state index in [1.54, 1.807) is 0 Å². The fourth-order valence-corrected chi connectivity index (χ4v) is 7.62. The number of hydrogen-bond donors (Lipinski definition) is 0. The van der Waals surface area contributed by atoms with Crippen LogP contribution in [-0.4, -0.2) is 80.7 Å². The molecule has 3 fully saturated rings. The largest absolute Gasteiger partial charge is 0.345 e. The van der Waals surface area contributed by atoms with Crippen molar-refractivity contribution in [2.45, 2.75) is 83.8 Å². The van der Waals surface area contributed by atoms with Gasteiger partial charge in [0.05, 0.1) is 5.69 Å². The van der Waals surface area contributed by atoms with Crippen LogP contribution in [-0.2, 0) is 24.8 Å². The van der Waals surface area contributed by atoms with E-state index in [1.807, 2.05) is 36.1 Å². The van der Waals surface area contributed by atoms with E-state index in [1.165, 1.54) is 62.1 Å². The van der Waals surface area contributed by atoms with Crippen molar-refractivity contribution in [3.8, 4) is 0 Å². The van der Waals surface area contributed by atoms with E-state index < -0.39 is 0 Å². The molecule has 202 valence electrons. The maximum atomic E-state index is 13.1. The molecule has 0 saturated carbocycles. The Morgan fingerprint density at radius 2 is 2.00 bits per heavy atom. The van der Waals surface area contributed by atoms with E-state index >= 15 is 0 Å². The number of aryl methyl sites for hydroxylation is 2. The van der Waals surface area contributed by atoms with Gasteiger partial charge in [-0.15, -0.1) is 0 Å². The summed E-state index contributed by atoms with van der Waals surface area (Å²) in [4.78, 5) is 25.0. The fourth-order valence-electron chi connectivity index (χ4n) is 7.62. The number of rotatable bonds is 9. The first-order valence-corrected chi connectivity index (χ1v) is 14.5. The summed E-state index contributed by atoms with van der Waals surface area (Å²) in [5.74, 6) is 1.79. The van der Waals surface area contributed by atoms with Crippen LogP contribution < -0.4 is 0 Å². The second-order valence-corrected chi connectivity index (χ2v) is 11.8. The van der Waals surface area contributed by atoms with E-state index in [-0.39, 0.29) is 5.91 Å². The highest BCUT2D eigenvalue weighted by molar-refractivity contribution is 5.75. The minimum Gasteiger partial charge on any atom is -0.345 e. The molecule has 3 aliphatic heterocycles. The van der Waals surface area contributed by atoms with E-state index in [0.717, 1.165) is 55.9 Å². The van der Waals surface area contributed by atoms with Crippen molar-refractivity contribution in [1.82, 2.24) is 29.5 Å². The Morgan fingerprint density at radius 1 is 1.19 bits per heavy atom. The lowest BCUT2D eigenvalue weighted by atomic mass is 9.69. The molecular formula is C30H46N6O.